The lowest BCUT2D eigenvalue weighted by molar-refractivity contribution is -0.151. The van der Waals surface area contributed by atoms with E-state index >= 15 is 0 Å². The fourth-order valence-electron chi connectivity index (χ4n) is 2.11. The van der Waals surface area contributed by atoms with Crippen LogP contribution >= 0.6 is 0 Å². The third kappa shape index (κ3) is 1.43. The Hall–Kier alpha value is -1.59. The van der Waals surface area contributed by atoms with Crippen molar-refractivity contribution in [2.45, 2.75) is 32.0 Å². The molecule has 0 amide bonds. The number of hydrogen-bond donors (Lipinski definition) is 2. The Morgan fingerprint density at radius 1 is 1.18 bits per heavy atom. The number of hydrogen-bond acceptors (Lipinski definition) is 5. The molecule has 0 bridgehead atoms. The SMILES string of the molecule is Cc1cc2c(cn1)C(=O)[C@](C)(O)C(=O)[C@]2(C)O. The number of aryl methyl sites for hydroxylation is 1. The van der Waals surface area contributed by atoms with Gasteiger partial charge < -0.3 is 10.2 Å². The van der Waals surface area contributed by atoms with Crippen LogP contribution in [0.5, 0.6) is 0 Å². The van der Waals surface area contributed by atoms with Crippen molar-refractivity contribution in [1.82, 2.24) is 4.98 Å². The average Bonchev–Trinajstić information content (AvgIpc) is 2.25. The molecule has 17 heavy (non-hydrogen) atoms. The summed E-state index contributed by atoms with van der Waals surface area (Å²) in [5.74, 6) is -1.63. The predicted molar refractivity (Wildman–Crippen MR) is 58.5 cm³/mol. The number of ketones is 2. The first-order valence-corrected chi connectivity index (χ1v) is 5.20. The zero-order valence-corrected chi connectivity index (χ0v) is 9.81. The summed E-state index contributed by atoms with van der Waals surface area (Å²) in [4.78, 5) is 27.8. The van der Waals surface area contributed by atoms with Gasteiger partial charge in [0.2, 0.25) is 11.6 Å². The molecule has 0 fully saturated rings. The first-order chi connectivity index (χ1) is 7.69. The Morgan fingerprint density at radius 3 is 2.35 bits per heavy atom. The van der Waals surface area contributed by atoms with Gasteiger partial charge in [-0.15, -0.1) is 0 Å². The molecule has 1 heterocycles. The number of carbonyl (C=O) groups excluding carboxylic acids is 2. The molecular formula is C12H13NO4. The van der Waals surface area contributed by atoms with Crippen LogP contribution in [0.2, 0.25) is 0 Å². The minimum Gasteiger partial charge on any atom is -0.377 e. The summed E-state index contributed by atoms with van der Waals surface area (Å²) in [7, 11) is 0. The molecule has 0 aliphatic heterocycles. The average molecular weight is 235 g/mol. The molecule has 1 aromatic rings. The van der Waals surface area contributed by atoms with E-state index in [1.807, 2.05) is 0 Å². The first kappa shape index (κ1) is 11.9. The molecule has 90 valence electrons. The molecule has 2 rings (SSSR count). The van der Waals surface area contributed by atoms with E-state index < -0.39 is 22.8 Å². The van der Waals surface area contributed by atoms with Gasteiger partial charge in [-0.05, 0) is 26.8 Å². The van der Waals surface area contributed by atoms with Gasteiger partial charge in [-0.1, -0.05) is 0 Å². The molecule has 1 aliphatic rings. The standard InChI is InChI=1S/C12H13NO4/c1-6-4-8-7(5-13-6)9(14)12(3,17)10(15)11(8,2)16/h4-5,16-17H,1-3H3/t11-,12+/m1/s1. The first-order valence-electron chi connectivity index (χ1n) is 5.20. The van der Waals surface area contributed by atoms with Crippen molar-refractivity contribution in [2.24, 2.45) is 0 Å². The Kier molecular flexibility index (Phi) is 2.24. The van der Waals surface area contributed by atoms with Crippen LogP contribution in [-0.4, -0.2) is 32.4 Å². The van der Waals surface area contributed by atoms with E-state index in [1.54, 1.807) is 6.92 Å². The third-order valence-corrected chi connectivity index (χ3v) is 3.14. The van der Waals surface area contributed by atoms with Crippen LogP contribution in [0, 0.1) is 6.92 Å². The van der Waals surface area contributed by atoms with E-state index in [9.17, 15) is 19.8 Å². The second-order valence-corrected chi connectivity index (χ2v) is 4.67. The summed E-state index contributed by atoms with van der Waals surface area (Å²) in [6.45, 7) is 4.06. The molecule has 5 heteroatoms. The Labute approximate surface area is 98.1 Å². The molecule has 1 aliphatic carbocycles. The van der Waals surface area contributed by atoms with Crippen LogP contribution in [0.25, 0.3) is 0 Å². The number of carbonyl (C=O) groups is 2. The maximum atomic E-state index is 11.9. The second-order valence-electron chi connectivity index (χ2n) is 4.67. The van der Waals surface area contributed by atoms with E-state index in [0.717, 1.165) is 6.92 Å². The van der Waals surface area contributed by atoms with Gasteiger partial charge in [0.1, 0.15) is 5.60 Å². The number of fused-ring (bicyclic) bond motifs is 1. The molecule has 0 saturated heterocycles. The van der Waals surface area contributed by atoms with Gasteiger partial charge in [0.05, 0.1) is 0 Å². The van der Waals surface area contributed by atoms with Gasteiger partial charge >= 0.3 is 0 Å². The van der Waals surface area contributed by atoms with Crippen molar-refractivity contribution in [1.29, 1.82) is 0 Å². The maximum absolute atomic E-state index is 11.9. The predicted octanol–water partition coefficient (Wildman–Crippen LogP) is 0.114. The van der Waals surface area contributed by atoms with Crippen molar-refractivity contribution in [3.05, 3.63) is 29.1 Å². The topological polar surface area (TPSA) is 87.5 Å². The normalized spacial score (nSPS) is 32.5. The number of pyridine rings is 1. The van der Waals surface area contributed by atoms with Crippen molar-refractivity contribution < 1.29 is 19.8 Å². The Morgan fingerprint density at radius 2 is 1.76 bits per heavy atom. The highest BCUT2D eigenvalue weighted by Crippen LogP contribution is 2.36. The minimum absolute atomic E-state index is 0.0881. The Bertz CT molecular complexity index is 531. The van der Waals surface area contributed by atoms with Gasteiger partial charge in [0, 0.05) is 23.0 Å². The fraction of sp³-hybridized carbons (Fsp3) is 0.417. The number of rotatable bonds is 0. The third-order valence-electron chi connectivity index (χ3n) is 3.14. The van der Waals surface area contributed by atoms with Crippen molar-refractivity contribution in [3.63, 3.8) is 0 Å². The number of aliphatic hydroxyl groups is 2. The lowest BCUT2D eigenvalue weighted by Gasteiger charge is -2.36. The molecule has 1 aromatic heterocycles. The highest BCUT2D eigenvalue weighted by molar-refractivity contribution is 6.23. The molecule has 0 spiro atoms. The monoisotopic (exact) mass is 235 g/mol. The van der Waals surface area contributed by atoms with Crippen LogP contribution < -0.4 is 0 Å². The van der Waals surface area contributed by atoms with Crippen LogP contribution in [-0.2, 0) is 10.4 Å². The van der Waals surface area contributed by atoms with Crippen LogP contribution in [0.15, 0.2) is 12.3 Å². The molecule has 0 unspecified atom stereocenters. The van der Waals surface area contributed by atoms with Crippen LogP contribution in [0.1, 0.15) is 35.5 Å². The Balaban J connectivity index is 2.79. The molecule has 0 aromatic carbocycles. The number of aromatic nitrogens is 1. The lowest BCUT2D eigenvalue weighted by atomic mass is 9.71. The van der Waals surface area contributed by atoms with E-state index in [4.69, 9.17) is 0 Å². The number of nitrogens with zero attached hydrogens (tertiary/aromatic N) is 1. The highest BCUT2D eigenvalue weighted by atomic mass is 16.3. The molecule has 2 N–H and O–H groups in total. The van der Waals surface area contributed by atoms with Gasteiger partial charge in [-0.2, -0.15) is 0 Å². The summed E-state index contributed by atoms with van der Waals surface area (Å²) in [6, 6.07) is 1.49. The van der Waals surface area contributed by atoms with E-state index in [1.165, 1.54) is 19.2 Å². The van der Waals surface area contributed by atoms with Gasteiger partial charge in [-0.3, -0.25) is 14.6 Å². The van der Waals surface area contributed by atoms with E-state index in [0.29, 0.717) is 5.69 Å². The molecule has 2 atom stereocenters. The fourth-order valence-corrected chi connectivity index (χ4v) is 2.11. The summed E-state index contributed by atoms with van der Waals surface area (Å²) in [5, 5.41) is 20.1. The largest absolute Gasteiger partial charge is 0.377 e. The quantitative estimate of drug-likeness (QED) is 0.623. The summed E-state index contributed by atoms with van der Waals surface area (Å²) in [5.41, 5.74) is -3.20. The zero-order valence-electron chi connectivity index (χ0n) is 9.81. The zero-order chi connectivity index (χ0) is 13.0. The highest BCUT2D eigenvalue weighted by Gasteiger charge is 2.54. The second kappa shape index (κ2) is 3.21. The molecule has 5 nitrogen and oxygen atoms in total. The van der Waals surface area contributed by atoms with Crippen molar-refractivity contribution in [2.75, 3.05) is 0 Å². The van der Waals surface area contributed by atoms with Crippen molar-refractivity contribution >= 4 is 11.6 Å². The number of Topliss-reactive ketones (excluding diaryl/α,β-unsaturated/α-hetero) is 2. The van der Waals surface area contributed by atoms with E-state index in [-0.39, 0.29) is 11.1 Å². The molecule has 0 saturated carbocycles. The smallest absolute Gasteiger partial charge is 0.207 e. The lowest BCUT2D eigenvalue weighted by Crippen LogP contribution is -2.57. The van der Waals surface area contributed by atoms with Gasteiger partial charge in [0.25, 0.3) is 0 Å². The maximum Gasteiger partial charge on any atom is 0.207 e. The summed E-state index contributed by atoms with van der Waals surface area (Å²) < 4.78 is 0. The van der Waals surface area contributed by atoms with E-state index in [2.05, 4.69) is 4.98 Å². The van der Waals surface area contributed by atoms with Crippen LogP contribution in [0.3, 0.4) is 0 Å². The molecule has 0 radical (unpaired) electrons. The van der Waals surface area contributed by atoms with Crippen LogP contribution in [0.4, 0.5) is 0 Å². The van der Waals surface area contributed by atoms with Gasteiger partial charge in [-0.25, -0.2) is 0 Å². The summed E-state index contributed by atoms with van der Waals surface area (Å²) in [6.07, 6.45) is 1.28. The molecular weight excluding hydrogens is 222 g/mol. The minimum atomic E-state index is -2.20. The summed E-state index contributed by atoms with van der Waals surface area (Å²) >= 11 is 0. The van der Waals surface area contributed by atoms with Gasteiger partial charge in [0.15, 0.2) is 5.60 Å². The van der Waals surface area contributed by atoms with Crippen molar-refractivity contribution in [3.8, 4) is 0 Å².